The Morgan fingerprint density at radius 2 is 2.05 bits per heavy atom. The van der Waals surface area contributed by atoms with Crippen LogP contribution in [-0.2, 0) is 6.54 Å². The van der Waals surface area contributed by atoms with E-state index in [1.807, 2.05) is 10.9 Å². The van der Waals surface area contributed by atoms with E-state index in [-0.39, 0.29) is 0 Å². The van der Waals surface area contributed by atoms with Crippen molar-refractivity contribution in [3.63, 3.8) is 0 Å². The number of hydrogen-bond acceptors (Lipinski definition) is 4. The first kappa shape index (κ1) is 13.5. The van der Waals surface area contributed by atoms with Crippen molar-refractivity contribution in [2.45, 2.75) is 26.8 Å². The Bertz CT molecular complexity index is 747. The van der Waals surface area contributed by atoms with Gasteiger partial charge >= 0.3 is 0 Å². The van der Waals surface area contributed by atoms with Gasteiger partial charge in [0.25, 0.3) is 0 Å². The topological polar surface area (TPSA) is 55.6 Å². The zero-order valence-electron chi connectivity index (χ0n) is 12.4. The minimum Gasteiger partial charge on any atom is -0.369 e. The van der Waals surface area contributed by atoms with Crippen LogP contribution < -0.4 is 5.32 Å². The molecule has 0 aliphatic carbocycles. The molecule has 2 heterocycles. The lowest BCUT2D eigenvalue weighted by atomic mass is 10.1. The lowest BCUT2D eigenvalue weighted by Crippen LogP contribution is -2.05. The van der Waals surface area contributed by atoms with Crippen LogP contribution in [0.4, 0.5) is 5.82 Å². The fraction of sp³-hybridized carbons (Fsp3) is 0.312. The fourth-order valence-electron chi connectivity index (χ4n) is 2.34. The Morgan fingerprint density at radius 1 is 1.19 bits per heavy atom. The van der Waals surface area contributed by atoms with Gasteiger partial charge in [-0.2, -0.15) is 5.10 Å². The smallest absolute Gasteiger partial charge is 0.163 e. The second-order valence-corrected chi connectivity index (χ2v) is 5.12. The first-order valence-corrected chi connectivity index (χ1v) is 7.24. The molecule has 0 aliphatic rings. The van der Waals surface area contributed by atoms with Crippen molar-refractivity contribution < 1.29 is 0 Å². The molecule has 0 amide bonds. The molecule has 0 bridgehead atoms. The zero-order chi connectivity index (χ0) is 14.7. The molecule has 2 aromatic heterocycles. The first-order chi connectivity index (χ1) is 10.3. The summed E-state index contributed by atoms with van der Waals surface area (Å²) in [7, 11) is 0. The van der Waals surface area contributed by atoms with Crippen LogP contribution in [0, 0.1) is 6.92 Å². The average molecular weight is 281 g/mol. The highest BCUT2D eigenvalue weighted by Crippen LogP contribution is 2.20. The van der Waals surface area contributed by atoms with Gasteiger partial charge < -0.3 is 5.32 Å². The molecule has 0 atom stereocenters. The number of aryl methyl sites for hydroxylation is 1. The van der Waals surface area contributed by atoms with Gasteiger partial charge in [0.05, 0.1) is 18.1 Å². The van der Waals surface area contributed by atoms with E-state index in [1.54, 1.807) is 6.33 Å². The summed E-state index contributed by atoms with van der Waals surface area (Å²) in [5.41, 5.74) is 3.38. The maximum atomic E-state index is 4.47. The summed E-state index contributed by atoms with van der Waals surface area (Å²) in [6.07, 6.45) is 4.49. The molecule has 3 rings (SSSR count). The second-order valence-electron chi connectivity index (χ2n) is 5.12. The fourth-order valence-corrected chi connectivity index (χ4v) is 2.34. The molecule has 0 aliphatic heterocycles. The highest BCUT2D eigenvalue weighted by molar-refractivity contribution is 5.86. The third-order valence-corrected chi connectivity index (χ3v) is 3.56. The molecule has 1 aromatic carbocycles. The predicted molar refractivity (Wildman–Crippen MR) is 84.4 cm³/mol. The molecule has 1 N–H and O–H groups in total. The van der Waals surface area contributed by atoms with Crippen molar-refractivity contribution >= 4 is 16.9 Å². The van der Waals surface area contributed by atoms with Crippen molar-refractivity contribution in [2.75, 3.05) is 11.9 Å². The van der Waals surface area contributed by atoms with Crippen LogP contribution in [0.5, 0.6) is 0 Å². The SMILES string of the molecule is CCCNc1ncnc2c1cnn2Cc1ccccc1C. The number of fused-ring (bicyclic) bond motifs is 1. The monoisotopic (exact) mass is 281 g/mol. The highest BCUT2D eigenvalue weighted by atomic mass is 15.3. The Balaban J connectivity index is 1.95. The molecule has 21 heavy (non-hydrogen) atoms. The van der Waals surface area contributed by atoms with Crippen molar-refractivity contribution in [1.29, 1.82) is 0 Å². The summed E-state index contributed by atoms with van der Waals surface area (Å²) in [6, 6.07) is 8.34. The van der Waals surface area contributed by atoms with Crippen LogP contribution >= 0.6 is 0 Å². The Hall–Kier alpha value is -2.43. The number of rotatable bonds is 5. The normalized spacial score (nSPS) is 11.0. The molecule has 0 saturated carbocycles. The van der Waals surface area contributed by atoms with Crippen molar-refractivity contribution in [3.8, 4) is 0 Å². The third-order valence-electron chi connectivity index (χ3n) is 3.56. The number of nitrogens with zero attached hydrogens (tertiary/aromatic N) is 4. The maximum Gasteiger partial charge on any atom is 0.163 e. The summed E-state index contributed by atoms with van der Waals surface area (Å²) in [4.78, 5) is 8.69. The van der Waals surface area contributed by atoms with Crippen LogP contribution in [0.15, 0.2) is 36.8 Å². The maximum absolute atomic E-state index is 4.47. The summed E-state index contributed by atoms with van der Waals surface area (Å²) in [5.74, 6) is 0.859. The minimum atomic E-state index is 0.723. The van der Waals surface area contributed by atoms with E-state index in [9.17, 15) is 0 Å². The Kier molecular flexibility index (Phi) is 3.81. The molecule has 5 heteroatoms. The van der Waals surface area contributed by atoms with Gasteiger partial charge in [0, 0.05) is 6.54 Å². The summed E-state index contributed by atoms with van der Waals surface area (Å²) in [5, 5.41) is 8.77. The standard InChI is InChI=1S/C16H19N5/c1-3-8-17-15-14-9-20-21(16(14)19-11-18-15)10-13-7-5-4-6-12(13)2/h4-7,9,11H,3,8,10H2,1-2H3,(H,17,18,19). The number of nitrogens with one attached hydrogen (secondary N) is 1. The Labute approximate surface area is 124 Å². The van der Waals surface area contributed by atoms with Crippen LogP contribution in [0.1, 0.15) is 24.5 Å². The molecular formula is C16H19N5. The van der Waals surface area contributed by atoms with E-state index >= 15 is 0 Å². The lowest BCUT2D eigenvalue weighted by Gasteiger charge is -2.07. The first-order valence-electron chi connectivity index (χ1n) is 7.24. The van der Waals surface area contributed by atoms with Gasteiger partial charge in [-0.1, -0.05) is 31.2 Å². The second kappa shape index (κ2) is 5.91. The number of benzene rings is 1. The number of anilines is 1. The molecule has 0 unspecified atom stereocenters. The number of hydrogen-bond donors (Lipinski definition) is 1. The average Bonchev–Trinajstić information content (AvgIpc) is 2.91. The summed E-state index contributed by atoms with van der Waals surface area (Å²) < 4.78 is 1.93. The molecule has 0 radical (unpaired) electrons. The van der Waals surface area contributed by atoms with Crippen molar-refractivity contribution in [1.82, 2.24) is 19.7 Å². The molecule has 0 spiro atoms. The van der Waals surface area contributed by atoms with Crippen LogP contribution in [-0.4, -0.2) is 26.3 Å². The lowest BCUT2D eigenvalue weighted by molar-refractivity contribution is 0.700. The van der Waals surface area contributed by atoms with E-state index in [0.29, 0.717) is 0 Å². The summed E-state index contributed by atoms with van der Waals surface area (Å²) >= 11 is 0. The van der Waals surface area contributed by atoms with Crippen molar-refractivity contribution in [2.24, 2.45) is 0 Å². The van der Waals surface area contributed by atoms with E-state index in [1.165, 1.54) is 11.1 Å². The van der Waals surface area contributed by atoms with E-state index in [2.05, 4.69) is 58.5 Å². The molecule has 0 fully saturated rings. The van der Waals surface area contributed by atoms with Crippen LogP contribution in [0.2, 0.25) is 0 Å². The minimum absolute atomic E-state index is 0.723. The van der Waals surface area contributed by atoms with Crippen molar-refractivity contribution in [3.05, 3.63) is 47.9 Å². The largest absolute Gasteiger partial charge is 0.369 e. The molecule has 108 valence electrons. The molecule has 0 saturated heterocycles. The van der Waals surface area contributed by atoms with Crippen LogP contribution in [0.3, 0.4) is 0 Å². The van der Waals surface area contributed by atoms with E-state index < -0.39 is 0 Å². The van der Waals surface area contributed by atoms with Crippen LogP contribution in [0.25, 0.3) is 11.0 Å². The third kappa shape index (κ3) is 2.72. The quantitative estimate of drug-likeness (QED) is 0.781. The Morgan fingerprint density at radius 3 is 2.86 bits per heavy atom. The van der Waals surface area contributed by atoms with Gasteiger partial charge in [-0.15, -0.1) is 0 Å². The van der Waals surface area contributed by atoms with E-state index in [4.69, 9.17) is 0 Å². The van der Waals surface area contributed by atoms with E-state index in [0.717, 1.165) is 36.4 Å². The van der Waals surface area contributed by atoms with Gasteiger partial charge in [0.1, 0.15) is 12.1 Å². The summed E-state index contributed by atoms with van der Waals surface area (Å²) in [6.45, 7) is 5.87. The highest BCUT2D eigenvalue weighted by Gasteiger charge is 2.10. The van der Waals surface area contributed by atoms with Gasteiger partial charge in [-0.05, 0) is 24.5 Å². The van der Waals surface area contributed by atoms with Gasteiger partial charge in [-0.25, -0.2) is 14.6 Å². The molecule has 5 nitrogen and oxygen atoms in total. The van der Waals surface area contributed by atoms with Gasteiger partial charge in [0.15, 0.2) is 5.65 Å². The number of aromatic nitrogens is 4. The predicted octanol–water partition coefficient (Wildman–Crippen LogP) is 3.00. The van der Waals surface area contributed by atoms with Gasteiger partial charge in [-0.3, -0.25) is 0 Å². The molecular weight excluding hydrogens is 262 g/mol. The van der Waals surface area contributed by atoms with Gasteiger partial charge in [0.2, 0.25) is 0 Å². The zero-order valence-corrected chi connectivity index (χ0v) is 12.4. The molecule has 3 aromatic rings.